The molecule has 2 rings (SSSR count). The molecule has 3 heteroatoms. The van der Waals surface area contributed by atoms with Crippen molar-refractivity contribution in [3.63, 3.8) is 0 Å². The van der Waals surface area contributed by atoms with E-state index in [1.54, 1.807) is 0 Å². The Balaban J connectivity index is 2.08. The molecule has 0 bridgehead atoms. The van der Waals surface area contributed by atoms with Gasteiger partial charge in [-0.2, -0.15) is 5.10 Å². The maximum atomic E-state index is 6.47. The van der Waals surface area contributed by atoms with E-state index < -0.39 is 0 Å². The van der Waals surface area contributed by atoms with Gasteiger partial charge in [0.05, 0.1) is 6.20 Å². The fourth-order valence-corrected chi connectivity index (χ4v) is 2.99. The van der Waals surface area contributed by atoms with Gasteiger partial charge in [0.25, 0.3) is 0 Å². The summed E-state index contributed by atoms with van der Waals surface area (Å²) in [5.41, 5.74) is 1.34. The minimum atomic E-state index is 0.307. The molecule has 0 radical (unpaired) electrons. The van der Waals surface area contributed by atoms with Gasteiger partial charge in [-0.05, 0) is 24.8 Å². The van der Waals surface area contributed by atoms with Crippen molar-refractivity contribution >= 4 is 11.6 Å². The Hall–Kier alpha value is -0.500. The molecule has 0 aromatic carbocycles. The highest BCUT2D eigenvalue weighted by molar-refractivity contribution is 6.21. The van der Waals surface area contributed by atoms with Crippen molar-refractivity contribution in [3.05, 3.63) is 18.0 Å². The van der Waals surface area contributed by atoms with Crippen LogP contribution in [-0.4, -0.2) is 15.2 Å². The summed E-state index contributed by atoms with van der Waals surface area (Å²) in [6.07, 6.45) is 11.7. The molecule has 2 unspecified atom stereocenters. The second-order valence-corrected chi connectivity index (χ2v) is 5.36. The summed E-state index contributed by atoms with van der Waals surface area (Å²) >= 11 is 6.47. The molecule has 0 saturated heterocycles. The van der Waals surface area contributed by atoms with Gasteiger partial charge in [-0.3, -0.25) is 4.68 Å². The van der Waals surface area contributed by atoms with E-state index >= 15 is 0 Å². The van der Waals surface area contributed by atoms with E-state index in [9.17, 15) is 0 Å². The van der Waals surface area contributed by atoms with Crippen LogP contribution in [0.25, 0.3) is 0 Å². The monoisotopic (exact) mass is 240 g/mol. The van der Waals surface area contributed by atoms with Crippen LogP contribution in [0, 0.1) is 0 Å². The first-order valence-corrected chi connectivity index (χ1v) is 6.91. The topological polar surface area (TPSA) is 17.8 Å². The second kappa shape index (κ2) is 5.72. The van der Waals surface area contributed by atoms with Crippen LogP contribution < -0.4 is 0 Å². The van der Waals surface area contributed by atoms with Gasteiger partial charge < -0.3 is 0 Å². The SMILES string of the molecule is CCCn1cc(C2CCCCCC2Cl)cn1. The summed E-state index contributed by atoms with van der Waals surface area (Å²) in [5, 5.41) is 4.71. The highest BCUT2D eigenvalue weighted by atomic mass is 35.5. The molecule has 1 aromatic rings. The van der Waals surface area contributed by atoms with E-state index in [1.807, 2.05) is 10.9 Å². The van der Waals surface area contributed by atoms with Crippen molar-refractivity contribution in [2.75, 3.05) is 0 Å². The van der Waals surface area contributed by atoms with E-state index in [4.69, 9.17) is 11.6 Å². The van der Waals surface area contributed by atoms with Crippen molar-refractivity contribution in [2.45, 2.75) is 63.3 Å². The molecule has 1 heterocycles. The smallest absolute Gasteiger partial charge is 0.0525 e. The third-order valence-corrected chi connectivity index (χ3v) is 3.99. The van der Waals surface area contributed by atoms with Crippen LogP contribution in [-0.2, 0) is 6.54 Å². The Morgan fingerprint density at radius 2 is 2.19 bits per heavy atom. The summed E-state index contributed by atoms with van der Waals surface area (Å²) in [4.78, 5) is 0. The quantitative estimate of drug-likeness (QED) is 0.578. The van der Waals surface area contributed by atoms with Crippen LogP contribution in [0.15, 0.2) is 12.4 Å². The average Bonchev–Trinajstić information content (AvgIpc) is 2.61. The lowest BCUT2D eigenvalue weighted by molar-refractivity contribution is 0.587. The molecule has 1 aliphatic carbocycles. The largest absolute Gasteiger partial charge is 0.272 e. The lowest BCUT2D eigenvalue weighted by Crippen LogP contribution is -2.10. The summed E-state index contributed by atoms with van der Waals surface area (Å²) < 4.78 is 2.05. The summed E-state index contributed by atoms with van der Waals surface area (Å²) in [6, 6.07) is 0. The molecule has 0 aliphatic heterocycles. The number of halogens is 1. The molecule has 16 heavy (non-hydrogen) atoms. The van der Waals surface area contributed by atoms with E-state index in [1.165, 1.54) is 31.2 Å². The predicted molar refractivity (Wildman–Crippen MR) is 68.0 cm³/mol. The molecule has 0 N–H and O–H groups in total. The first-order chi connectivity index (χ1) is 7.81. The molecule has 1 fully saturated rings. The molecule has 0 spiro atoms. The fourth-order valence-electron chi connectivity index (χ4n) is 2.56. The van der Waals surface area contributed by atoms with Gasteiger partial charge in [0.2, 0.25) is 0 Å². The maximum absolute atomic E-state index is 6.47. The van der Waals surface area contributed by atoms with Gasteiger partial charge in [-0.15, -0.1) is 11.6 Å². The number of nitrogens with zero attached hydrogens (tertiary/aromatic N) is 2. The zero-order valence-corrected chi connectivity index (χ0v) is 10.8. The molecular formula is C13H21ClN2. The van der Waals surface area contributed by atoms with Gasteiger partial charge in [-0.1, -0.05) is 26.2 Å². The lowest BCUT2D eigenvalue weighted by atomic mass is 9.94. The third kappa shape index (κ3) is 2.79. The zero-order chi connectivity index (χ0) is 11.4. The molecule has 1 saturated carbocycles. The summed E-state index contributed by atoms with van der Waals surface area (Å²) in [5.74, 6) is 0.523. The van der Waals surface area contributed by atoms with Gasteiger partial charge in [0, 0.05) is 24.0 Å². The van der Waals surface area contributed by atoms with Gasteiger partial charge >= 0.3 is 0 Å². The number of hydrogen-bond donors (Lipinski definition) is 0. The van der Waals surface area contributed by atoms with E-state index in [0.717, 1.165) is 19.4 Å². The Labute approximate surface area is 103 Å². The van der Waals surface area contributed by atoms with Gasteiger partial charge in [-0.25, -0.2) is 0 Å². The second-order valence-electron chi connectivity index (χ2n) is 4.80. The van der Waals surface area contributed by atoms with Crippen molar-refractivity contribution in [1.82, 2.24) is 9.78 Å². The van der Waals surface area contributed by atoms with Crippen LogP contribution in [0.4, 0.5) is 0 Å². The highest BCUT2D eigenvalue weighted by Crippen LogP contribution is 2.34. The molecule has 90 valence electrons. The Morgan fingerprint density at radius 3 is 3.00 bits per heavy atom. The van der Waals surface area contributed by atoms with E-state index in [2.05, 4.69) is 18.2 Å². The van der Waals surface area contributed by atoms with Gasteiger partial charge in [0.1, 0.15) is 0 Å². The van der Waals surface area contributed by atoms with Crippen molar-refractivity contribution in [1.29, 1.82) is 0 Å². The summed E-state index contributed by atoms with van der Waals surface area (Å²) in [6.45, 7) is 3.19. The fraction of sp³-hybridized carbons (Fsp3) is 0.769. The normalized spacial score (nSPS) is 26.6. The first kappa shape index (κ1) is 12.0. The molecule has 1 aromatic heterocycles. The first-order valence-electron chi connectivity index (χ1n) is 6.47. The maximum Gasteiger partial charge on any atom is 0.0525 e. The van der Waals surface area contributed by atoms with E-state index in [0.29, 0.717) is 11.3 Å². The molecule has 1 aliphatic rings. The lowest BCUT2D eigenvalue weighted by Gasteiger charge is -2.17. The number of aromatic nitrogens is 2. The number of hydrogen-bond acceptors (Lipinski definition) is 1. The van der Waals surface area contributed by atoms with Crippen LogP contribution in [0.2, 0.25) is 0 Å². The minimum absolute atomic E-state index is 0.307. The standard InChI is InChI=1S/C13H21ClN2/c1-2-8-16-10-11(9-15-16)12-6-4-3-5-7-13(12)14/h9-10,12-13H,2-8H2,1H3. The predicted octanol–water partition coefficient (Wildman–Crippen LogP) is 3.95. The Bertz CT molecular complexity index is 321. The highest BCUT2D eigenvalue weighted by Gasteiger charge is 2.24. The van der Waals surface area contributed by atoms with Crippen LogP contribution >= 0.6 is 11.6 Å². The van der Waals surface area contributed by atoms with Crippen LogP contribution in [0.3, 0.4) is 0 Å². The van der Waals surface area contributed by atoms with Crippen molar-refractivity contribution in [3.8, 4) is 0 Å². The average molecular weight is 241 g/mol. The minimum Gasteiger partial charge on any atom is -0.272 e. The molecular weight excluding hydrogens is 220 g/mol. The van der Waals surface area contributed by atoms with Crippen LogP contribution in [0.5, 0.6) is 0 Å². The van der Waals surface area contributed by atoms with Gasteiger partial charge in [0.15, 0.2) is 0 Å². The molecule has 0 amide bonds. The van der Waals surface area contributed by atoms with Crippen molar-refractivity contribution in [2.24, 2.45) is 0 Å². The van der Waals surface area contributed by atoms with Crippen molar-refractivity contribution < 1.29 is 0 Å². The molecule has 2 atom stereocenters. The number of alkyl halides is 1. The van der Waals surface area contributed by atoms with E-state index in [-0.39, 0.29) is 0 Å². The third-order valence-electron chi connectivity index (χ3n) is 3.47. The number of rotatable bonds is 3. The van der Waals surface area contributed by atoms with Crippen LogP contribution in [0.1, 0.15) is 56.9 Å². The molecule has 2 nitrogen and oxygen atoms in total. The zero-order valence-electron chi connectivity index (χ0n) is 10.0. The number of aryl methyl sites for hydroxylation is 1. The summed E-state index contributed by atoms with van der Waals surface area (Å²) in [7, 11) is 0. The Kier molecular flexibility index (Phi) is 4.28. The Morgan fingerprint density at radius 1 is 1.38 bits per heavy atom.